The maximum Gasteiger partial charge on any atom is 1.00 e. The van der Waals surface area contributed by atoms with Gasteiger partial charge in [-0.3, -0.25) is 4.79 Å². The molecule has 0 aliphatic heterocycles. The summed E-state index contributed by atoms with van der Waals surface area (Å²) in [6.07, 6.45) is 16.0. The quantitative estimate of drug-likeness (QED) is 0.188. The molecule has 0 amide bonds. The number of unbranched alkanes of at least 4 members (excludes halogenated alkanes) is 12. The summed E-state index contributed by atoms with van der Waals surface area (Å²) in [6.45, 7) is 3.46. The minimum atomic E-state index is -1.23. The van der Waals surface area contributed by atoms with Crippen LogP contribution in [-0.2, 0) is 9.59 Å². The van der Waals surface area contributed by atoms with Gasteiger partial charge in [0, 0.05) is 6.42 Å². The van der Waals surface area contributed by atoms with Crippen molar-refractivity contribution in [3.63, 3.8) is 0 Å². The first-order chi connectivity index (χ1) is 11.4. The smallest absolute Gasteiger partial charge is 1.00 e. The Labute approximate surface area is 237 Å². The maximum atomic E-state index is 10.3. The van der Waals surface area contributed by atoms with E-state index in [-0.39, 0.29) is 93.0 Å². The van der Waals surface area contributed by atoms with E-state index in [1.165, 1.54) is 77.6 Å². The maximum absolute atomic E-state index is 10.3. The van der Waals surface area contributed by atoms with Crippen molar-refractivity contribution in [3.05, 3.63) is 0 Å². The molecule has 150 valence electrons. The number of carbonyl (C=O) groups is 2. The molecule has 27 heavy (non-hydrogen) atoms. The fourth-order valence-electron chi connectivity index (χ4n) is 2.29. The largest absolute Gasteiger partial charge is 1.00 e. The molecule has 3 N–H and O–H groups in total. The third kappa shape index (κ3) is 42.8. The Morgan fingerprint density at radius 3 is 1.19 bits per heavy atom. The monoisotopic (exact) mass is 418 g/mol. The van der Waals surface area contributed by atoms with E-state index in [2.05, 4.69) is 6.92 Å². The molecule has 0 radical (unpaired) electrons. The van der Waals surface area contributed by atoms with Crippen molar-refractivity contribution in [2.75, 3.05) is 0 Å². The summed E-state index contributed by atoms with van der Waals surface area (Å²) in [5.41, 5.74) is 0. The predicted octanol–water partition coefficient (Wildman–Crippen LogP) is -3.65. The van der Waals surface area contributed by atoms with Crippen LogP contribution in [0.1, 0.15) is 108 Å². The van der Waals surface area contributed by atoms with Crippen molar-refractivity contribution < 1.29 is 118 Å². The fraction of sp³-hybridized carbons (Fsp3) is 0.895. The van der Waals surface area contributed by atoms with Gasteiger partial charge in [0.15, 0.2) is 0 Å². The van der Waals surface area contributed by atoms with Crippen LogP contribution < -0.4 is 88.7 Å². The topological polar surface area (TPSA) is 94.8 Å². The summed E-state index contributed by atoms with van der Waals surface area (Å²) in [5.74, 6) is -1.84. The molecule has 1 atom stereocenters. The SMILES string of the molecule is CC(O)C(=O)O.CCCCCCCCCCCCCCCC(=O)O.[H-].[H-].[H-].[Na+].[Na+].[Na+]. The van der Waals surface area contributed by atoms with Crippen molar-refractivity contribution >= 4 is 11.9 Å². The molecule has 0 heterocycles. The zero-order valence-electron chi connectivity index (χ0n) is 21.6. The van der Waals surface area contributed by atoms with Gasteiger partial charge in [-0.15, -0.1) is 0 Å². The molecule has 8 heteroatoms. The third-order valence-corrected chi connectivity index (χ3v) is 3.85. The first-order valence-corrected chi connectivity index (χ1v) is 9.54. The summed E-state index contributed by atoms with van der Waals surface area (Å²) in [7, 11) is 0. The number of carboxylic acids is 2. The number of aliphatic hydroxyl groups is 1. The number of hydrogen-bond donors (Lipinski definition) is 3. The van der Waals surface area contributed by atoms with E-state index in [1.54, 1.807) is 0 Å². The molecule has 0 aliphatic carbocycles. The van der Waals surface area contributed by atoms with Gasteiger partial charge >= 0.3 is 101 Å². The van der Waals surface area contributed by atoms with E-state index in [0.29, 0.717) is 6.42 Å². The van der Waals surface area contributed by atoms with Crippen LogP contribution in [0.4, 0.5) is 0 Å². The average molecular weight is 419 g/mol. The van der Waals surface area contributed by atoms with E-state index < -0.39 is 18.0 Å². The first kappa shape index (κ1) is 39.4. The Morgan fingerprint density at radius 2 is 0.963 bits per heavy atom. The number of hydrogen-bond acceptors (Lipinski definition) is 3. The van der Waals surface area contributed by atoms with E-state index in [4.69, 9.17) is 15.3 Å². The van der Waals surface area contributed by atoms with Gasteiger partial charge in [0.1, 0.15) is 6.10 Å². The van der Waals surface area contributed by atoms with Crippen LogP contribution in [0.15, 0.2) is 0 Å². The Balaban J connectivity index is -0.0000000596. The molecule has 0 saturated heterocycles. The van der Waals surface area contributed by atoms with Crippen LogP contribution in [0.25, 0.3) is 0 Å². The second-order valence-corrected chi connectivity index (χ2v) is 6.40. The molecule has 0 aromatic carbocycles. The van der Waals surface area contributed by atoms with Crippen molar-refractivity contribution in [1.82, 2.24) is 0 Å². The van der Waals surface area contributed by atoms with Crippen LogP contribution in [0, 0.1) is 0 Å². The van der Waals surface area contributed by atoms with Crippen molar-refractivity contribution in [2.45, 2.75) is 110 Å². The zero-order chi connectivity index (χ0) is 18.6. The van der Waals surface area contributed by atoms with Gasteiger partial charge in [0.2, 0.25) is 0 Å². The normalized spacial score (nSPS) is 10.2. The fourth-order valence-corrected chi connectivity index (χ4v) is 2.29. The standard InChI is InChI=1S/C16H32O2.C3H6O3.3Na.3H/c1-2-3-4-5-6-7-8-9-10-11-12-13-14-15-16(17)18;1-2(4)3(5)6;;;;;;/h2-15H2,1H3,(H,17,18);2,4H,1H3,(H,5,6);;;;;;/q;;3*+1;3*-1. The first-order valence-electron chi connectivity index (χ1n) is 9.54. The Bertz CT molecular complexity index is 317. The van der Waals surface area contributed by atoms with E-state index in [9.17, 15) is 9.59 Å². The Morgan fingerprint density at radius 1 is 0.704 bits per heavy atom. The molecule has 1 unspecified atom stereocenters. The molecular weight excluding hydrogens is 377 g/mol. The summed E-state index contributed by atoms with van der Waals surface area (Å²) in [5, 5.41) is 24.3. The molecular formula is C19H41Na3O5. The van der Waals surface area contributed by atoms with Gasteiger partial charge < -0.3 is 19.6 Å². The average Bonchev–Trinajstić information content (AvgIpc) is 2.52. The molecule has 0 bridgehead atoms. The van der Waals surface area contributed by atoms with Gasteiger partial charge in [-0.1, -0.05) is 84.0 Å². The van der Waals surface area contributed by atoms with Crippen LogP contribution >= 0.6 is 0 Å². The van der Waals surface area contributed by atoms with Crippen LogP contribution in [0.3, 0.4) is 0 Å². The molecule has 0 spiro atoms. The van der Waals surface area contributed by atoms with Crippen molar-refractivity contribution in [1.29, 1.82) is 0 Å². The number of aliphatic hydroxyl groups excluding tert-OH is 1. The van der Waals surface area contributed by atoms with Crippen molar-refractivity contribution in [3.8, 4) is 0 Å². The predicted molar refractivity (Wildman–Crippen MR) is 101 cm³/mol. The van der Waals surface area contributed by atoms with Gasteiger partial charge in [0.25, 0.3) is 0 Å². The molecule has 0 fully saturated rings. The molecule has 5 nitrogen and oxygen atoms in total. The zero-order valence-corrected chi connectivity index (χ0v) is 24.6. The molecule has 0 rings (SSSR count). The minimum Gasteiger partial charge on any atom is -1.00 e. The van der Waals surface area contributed by atoms with E-state index in [0.717, 1.165) is 12.8 Å². The second kappa shape index (κ2) is 32.6. The molecule has 0 aliphatic rings. The van der Waals surface area contributed by atoms with Crippen LogP contribution in [0.5, 0.6) is 0 Å². The summed E-state index contributed by atoms with van der Waals surface area (Å²) < 4.78 is 0. The minimum absolute atomic E-state index is 0. The van der Waals surface area contributed by atoms with Crippen LogP contribution in [-0.4, -0.2) is 33.4 Å². The molecule has 0 aromatic heterocycles. The van der Waals surface area contributed by atoms with E-state index >= 15 is 0 Å². The van der Waals surface area contributed by atoms with Gasteiger partial charge in [-0.05, 0) is 13.3 Å². The summed E-state index contributed by atoms with van der Waals surface area (Å²) in [4.78, 5) is 19.7. The van der Waals surface area contributed by atoms with E-state index in [1.807, 2.05) is 0 Å². The Kier molecular flexibility index (Phi) is 47.5. The van der Waals surface area contributed by atoms with Gasteiger partial charge in [0.05, 0.1) is 0 Å². The number of rotatable bonds is 15. The summed E-state index contributed by atoms with van der Waals surface area (Å²) >= 11 is 0. The Hall–Kier alpha value is 1.90. The molecule has 0 saturated carbocycles. The molecule has 0 aromatic rings. The van der Waals surface area contributed by atoms with Gasteiger partial charge in [-0.25, -0.2) is 4.79 Å². The van der Waals surface area contributed by atoms with Gasteiger partial charge in [-0.2, -0.15) is 0 Å². The second-order valence-electron chi connectivity index (χ2n) is 6.40. The van der Waals surface area contributed by atoms with Crippen LogP contribution in [0.2, 0.25) is 0 Å². The summed E-state index contributed by atoms with van der Waals surface area (Å²) in [6, 6.07) is 0. The number of carboxylic acid groups (broad SMARTS) is 2. The van der Waals surface area contributed by atoms with Crippen molar-refractivity contribution in [2.24, 2.45) is 0 Å². The third-order valence-electron chi connectivity index (χ3n) is 3.85. The number of aliphatic carboxylic acids is 2.